The van der Waals surface area contributed by atoms with Gasteiger partial charge in [-0.05, 0) is 24.1 Å². The highest BCUT2D eigenvalue weighted by atomic mass is 16.6. The fraction of sp³-hybridized carbons (Fsp3) is 0.500. The number of carbonyl (C=O) groups is 1. The monoisotopic (exact) mass is 280 g/mol. The van der Waals surface area contributed by atoms with E-state index >= 15 is 0 Å². The third kappa shape index (κ3) is 3.77. The van der Waals surface area contributed by atoms with Crippen LogP contribution in [0.25, 0.3) is 0 Å². The van der Waals surface area contributed by atoms with Crippen molar-refractivity contribution >= 4 is 6.03 Å². The van der Waals surface area contributed by atoms with E-state index in [1.54, 1.807) is 18.2 Å². The summed E-state index contributed by atoms with van der Waals surface area (Å²) in [6.45, 7) is 3.78. The van der Waals surface area contributed by atoms with Crippen LogP contribution in [0.2, 0.25) is 0 Å². The maximum absolute atomic E-state index is 11.4. The van der Waals surface area contributed by atoms with Crippen LogP contribution in [0.15, 0.2) is 18.2 Å². The second-order valence-corrected chi connectivity index (χ2v) is 4.56. The molecule has 6 nitrogen and oxygen atoms in total. The Bertz CT molecular complexity index is 464. The Labute approximate surface area is 118 Å². The molecule has 20 heavy (non-hydrogen) atoms. The van der Waals surface area contributed by atoms with E-state index in [1.807, 2.05) is 6.92 Å². The van der Waals surface area contributed by atoms with Crippen LogP contribution in [0.3, 0.4) is 0 Å². The zero-order valence-corrected chi connectivity index (χ0v) is 11.5. The van der Waals surface area contributed by atoms with Crippen LogP contribution in [-0.2, 0) is 0 Å². The fourth-order valence-corrected chi connectivity index (χ4v) is 1.88. The summed E-state index contributed by atoms with van der Waals surface area (Å²) >= 11 is 0. The number of fused-ring (bicyclic) bond motifs is 1. The molecule has 0 saturated carbocycles. The minimum Gasteiger partial charge on any atom is -0.486 e. The van der Waals surface area contributed by atoms with Crippen molar-refractivity contribution in [1.82, 2.24) is 10.6 Å². The molecule has 1 atom stereocenters. The normalized spacial score (nSPS) is 14.5. The van der Waals surface area contributed by atoms with Crippen molar-refractivity contribution in [3.05, 3.63) is 23.8 Å². The summed E-state index contributed by atoms with van der Waals surface area (Å²) in [6.07, 6.45) is 0.0937. The fourth-order valence-electron chi connectivity index (χ4n) is 1.88. The second-order valence-electron chi connectivity index (χ2n) is 4.56. The van der Waals surface area contributed by atoms with E-state index in [0.29, 0.717) is 36.8 Å². The SMILES string of the molecule is CCCNC(=O)NCC(O)c1ccc2c(c1)OCCO2. The highest BCUT2D eigenvalue weighted by Crippen LogP contribution is 2.32. The van der Waals surface area contributed by atoms with Crippen LogP contribution in [0.1, 0.15) is 25.0 Å². The minimum atomic E-state index is -0.779. The molecule has 1 unspecified atom stereocenters. The molecule has 0 radical (unpaired) electrons. The van der Waals surface area contributed by atoms with Gasteiger partial charge in [0.1, 0.15) is 13.2 Å². The van der Waals surface area contributed by atoms with Crippen LogP contribution in [0, 0.1) is 0 Å². The van der Waals surface area contributed by atoms with E-state index in [2.05, 4.69) is 10.6 Å². The summed E-state index contributed by atoms with van der Waals surface area (Å²) in [5.41, 5.74) is 0.685. The predicted molar refractivity (Wildman–Crippen MR) is 74.1 cm³/mol. The first-order chi connectivity index (χ1) is 9.70. The van der Waals surface area contributed by atoms with Gasteiger partial charge >= 0.3 is 6.03 Å². The molecule has 110 valence electrons. The zero-order valence-electron chi connectivity index (χ0n) is 11.5. The molecule has 1 aliphatic heterocycles. The predicted octanol–water partition coefficient (Wildman–Crippen LogP) is 1.20. The van der Waals surface area contributed by atoms with E-state index in [0.717, 1.165) is 6.42 Å². The van der Waals surface area contributed by atoms with Crippen LogP contribution >= 0.6 is 0 Å². The number of urea groups is 1. The molecule has 2 rings (SSSR count). The smallest absolute Gasteiger partial charge is 0.314 e. The number of ether oxygens (including phenoxy) is 2. The summed E-state index contributed by atoms with van der Waals surface area (Å²) < 4.78 is 10.9. The Morgan fingerprint density at radius 2 is 2.05 bits per heavy atom. The van der Waals surface area contributed by atoms with Crippen LogP contribution in [-0.4, -0.2) is 37.4 Å². The molecule has 1 aromatic carbocycles. The van der Waals surface area contributed by atoms with Crippen molar-refractivity contribution in [2.45, 2.75) is 19.4 Å². The van der Waals surface area contributed by atoms with Crippen molar-refractivity contribution in [3.63, 3.8) is 0 Å². The van der Waals surface area contributed by atoms with Crippen molar-refractivity contribution in [3.8, 4) is 11.5 Å². The number of benzene rings is 1. The molecule has 0 bridgehead atoms. The number of hydrogen-bond donors (Lipinski definition) is 3. The first-order valence-electron chi connectivity index (χ1n) is 6.80. The molecule has 3 N–H and O–H groups in total. The Morgan fingerprint density at radius 1 is 1.30 bits per heavy atom. The summed E-state index contributed by atoms with van der Waals surface area (Å²) in [4.78, 5) is 11.4. The standard InChI is InChI=1S/C14H20N2O4/c1-2-5-15-14(18)16-9-11(17)10-3-4-12-13(8-10)20-7-6-19-12/h3-4,8,11,17H,2,5-7,9H2,1H3,(H2,15,16,18). The minimum absolute atomic E-state index is 0.148. The van der Waals surface area contributed by atoms with Crippen molar-refractivity contribution in [1.29, 1.82) is 0 Å². The van der Waals surface area contributed by atoms with E-state index < -0.39 is 6.10 Å². The summed E-state index contributed by atoms with van der Waals surface area (Å²) in [5, 5.41) is 15.4. The molecule has 2 amide bonds. The van der Waals surface area contributed by atoms with Gasteiger partial charge in [0.15, 0.2) is 11.5 Å². The summed E-state index contributed by atoms with van der Waals surface area (Å²) in [7, 11) is 0. The van der Waals surface area contributed by atoms with E-state index in [1.165, 1.54) is 0 Å². The maximum atomic E-state index is 11.4. The van der Waals surface area contributed by atoms with Crippen LogP contribution < -0.4 is 20.1 Å². The van der Waals surface area contributed by atoms with E-state index in [9.17, 15) is 9.90 Å². The molecular formula is C14H20N2O4. The first kappa shape index (κ1) is 14.5. The third-order valence-corrected chi connectivity index (χ3v) is 2.94. The van der Waals surface area contributed by atoms with Gasteiger partial charge in [0.05, 0.1) is 6.10 Å². The van der Waals surface area contributed by atoms with Gasteiger partial charge in [0.2, 0.25) is 0 Å². The van der Waals surface area contributed by atoms with E-state index in [4.69, 9.17) is 9.47 Å². The lowest BCUT2D eigenvalue weighted by Gasteiger charge is -2.20. The van der Waals surface area contributed by atoms with Gasteiger partial charge in [-0.15, -0.1) is 0 Å². The molecule has 1 heterocycles. The lowest BCUT2D eigenvalue weighted by Crippen LogP contribution is -2.38. The molecule has 0 fully saturated rings. The maximum Gasteiger partial charge on any atom is 0.314 e. The topological polar surface area (TPSA) is 79.8 Å². The second kappa shape index (κ2) is 7.00. The lowest BCUT2D eigenvalue weighted by molar-refractivity contribution is 0.163. The van der Waals surface area contributed by atoms with Crippen LogP contribution in [0.4, 0.5) is 4.79 Å². The summed E-state index contributed by atoms with van der Waals surface area (Å²) in [5.74, 6) is 1.31. The quantitative estimate of drug-likeness (QED) is 0.757. The van der Waals surface area contributed by atoms with E-state index in [-0.39, 0.29) is 12.6 Å². The number of rotatable bonds is 5. The third-order valence-electron chi connectivity index (χ3n) is 2.94. The highest BCUT2D eigenvalue weighted by molar-refractivity contribution is 5.73. The zero-order chi connectivity index (χ0) is 14.4. The average molecular weight is 280 g/mol. The lowest BCUT2D eigenvalue weighted by atomic mass is 10.1. The number of aliphatic hydroxyl groups excluding tert-OH is 1. The Kier molecular flexibility index (Phi) is 5.06. The Morgan fingerprint density at radius 3 is 2.80 bits per heavy atom. The molecule has 0 aromatic heterocycles. The van der Waals surface area contributed by atoms with Gasteiger partial charge in [-0.25, -0.2) is 4.79 Å². The van der Waals surface area contributed by atoms with Gasteiger partial charge in [-0.1, -0.05) is 13.0 Å². The Hall–Kier alpha value is -1.95. The number of aliphatic hydroxyl groups is 1. The van der Waals surface area contributed by atoms with Crippen LogP contribution in [0.5, 0.6) is 11.5 Å². The van der Waals surface area contributed by atoms with Gasteiger partial charge in [0.25, 0.3) is 0 Å². The number of carbonyl (C=O) groups excluding carboxylic acids is 1. The summed E-state index contributed by atoms with van der Waals surface area (Å²) in [6, 6.07) is 5.00. The Balaban J connectivity index is 1.89. The highest BCUT2D eigenvalue weighted by Gasteiger charge is 2.15. The first-order valence-corrected chi connectivity index (χ1v) is 6.80. The molecule has 1 aromatic rings. The van der Waals surface area contributed by atoms with Crippen molar-refractivity contribution in [2.24, 2.45) is 0 Å². The molecule has 0 aliphatic carbocycles. The largest absolute Gasteiger partial charge is 0.486 e. The average Bonchev–Trinajstić information content (AvgIpc) is 2.50. The molecule has 0 spiro atoms. The van der Waals surface area contributed by atoms with Gasteiger partial charge in [-0.3, -0.25) is 0 Å². The number of amides is 2. The number of hydrogen-bond acceptors (Lipinski definition) is 4. The molecular weight excluding hydrogens is 260 g/mol. The van der Waals surface area contributed by atoms with Crippen molar-refractivity contribution in [2.75, 3.05) is 26.3 Å². The van der Waals surface area contributed by atoms with Gasteiger partial charge in [-0.2, -0.15) is 0 Å². The van der Waals surface area contributed by atoms with Gasteiger partial charge in [0, 0.05) is 13.1 Å². The molecule has 6 heteroatoms. The number of nitrogens with one attached hydrogen (secondary N) is 2. The molecule has 0 saturated heterocycles. The van der Waals surface area contributed by atoms with Crippen molar-refractivity contribution < 1.29 is 19.4 Å². The van der Waals surface area contributed by atoms with Gasteiger partial charge < -0.3 is 25.2 Å². The molecule has 1 aliphatic rings.